The molecular weight excluding hydrogens is 377 g/mol. The van der Waals surface area contributed by atoms with E-state index in [1.807, 2.05) is 6.92 Å². The number of rotatable bonds is 5. The molecule has 0 aliphatic carbocycles. The van der Waals surface area contributed by atoms with E-state index in [1.54, 1.807) is 42.1 Å². The second kappa shape index (κ2) is 7.58. The van der Waals surface area contributed by atoms with Crippen LogP contribution in [0.1, 0.15) is 19.0 Å². The van der Waals surface area contributed by atoms with E-state index in [1.165, 1.54) is 12.1 Å². The Balaban J connectivity index is 1.81. The highest BCUT2D eigenvalue weighted by atomic mass is 19.2. The summed E-state index contributed by atoms with van der Waals surface area (Å²) in [6.07, 6.45) is 2.50. The third-order valence-electron chi connectivity index (χ3n) is 4.76. The third kappa shape index (κ3) is 3.44. The molecule has 4 rings (SSSR count). The van der Waals surface area contributed by atoms with Gasteiger partial charge in [-0.3, -0.25) is 4.68 Å². The summed E-state index contributed by atoms with van der Waals surface area (Å²) < 4.78 is 44.1. The molecule has 1 N–H and O–H groups in total. The van der Waals surface area contributed by atoms with Crippen LogP contribution in [0.5, 0.6) is 0 Å². The zero-order valence-corrected chi connectivity index (χ0v) is 16.0. The Labute approximate surface area is 166 Å². The molecule has 4 nitrogen and oxygen atoms in total. The molecule has 0 bridgehead atoms. The zero-order chi connectivity index (χ0) is 20.5. The number of fused-ring (bicyclic) bond motifs is 1. The predicted molar refractivity (Wildman–Crippen MR) is 108 cm³/mol. The van der Waals surface area contributed by atoms with E-state index in [4.69, 9.17) is 0 Å². The van der Waals surface area contributed by atoms with Gasteiger partial charge in [0.15, 0.2) is 11.6 Å². The van der Waals surface area contributed by atoms with E-state index < -0.39 is 11.6 Å². The number of nitrogens with zero attached hydrogens (tertiary/aromatic N) is 3. The Hall–Kier alpha value is -3.35. The Kier molecular flexibility index (Phi) is 4.96. The summed E-state index contributed by atoms with van der Waals surface area (Å²) in [5.41, 5.74) is 2.61. The molecule has 0 aliphatic rings. The molecule has 0 fully saturated rings. The summed E-state index contributed by atoms with van der Waals surface area (Å²) in [7, 11) is 0. The van der Waals surface area contributed by atoms with Crippen LogP contribution in [0.3, 0.4) is 0 Å². The van der Waals surface area contributed by atoms with E-state index in [-0.39, 0.29) is 11.3 Å². The third-order valence-corrected chi connectivity index (χ3v) is 4.76. The lowest BCUT2D eigenvalue weighted by molar-refractivity contribution is 0.515. The summed E-state index contributed by atoms with van der Waals surface area (Å²) in [5, 5.41) is 7.94. The van der Waals surface area contributed by atoms with Crippen molar-refractivity contribution in [2.75, 3.05) is 5.32 Å². The fourth-order valence-electron chi connectivity index (χ4n) is 3.37. The molecule has 0 amide bonds. The summed E-state index contributed by atoms with van der Waals surface area (Å²) in [5.74, 6) is -2.30. The first-order chi connectivity index (χ1) is 14.0. The van der Waals surface area contributed by atoms with Gasteiger partial charge < -0.3 is 5.32 Å². The standard InChI is InChI=1S/C22H19F3N4/c1-3-11-29-19(9-10-26-29)20-15(23)5-4-6-17(20)28-18-12-14-7-8-16(24)21(25)22(14)27-13(18)2/h4-10,12,28H,3,11H2,1-2H3. The molecule has 4 aromatic rings. The maximum absolute atomic E-state index is 14.8. The molecule has 0 aliphatic heterocycles. The number of hydrogen-bond donors (Lipinski definition) is 1. The molecule has 0 atom stereocenters. The van der Waals surface area contributed by atoms with E-state index in [0.717, 1.165) is 12.5 Å². The van der Waals surface area contributed by atoms with Crippen LogP contribution in [0.2, 0.25) is 0 Å². The minimum absolute atomic E-state index is 0.0338. The number of hydrogen-bond acceptors (Lipinski definition) is 3. The molecule has 0 saturated heterocycles. The van der Waals surface area contributed by atoms with Gasteiger partial charge in [-0.1, -0.05) is 13.0 Å². The lowest BCUT2D eigenvalue weighted by Crippen LogP contribution is -2.05. The number of aryl methyl sites for hydroxylation is 2. The summed E-state index contributed by atoms with van der Waals surface area (Å²) in [4.78, 5) is 4.21. The molecule has 7 heteroatoms. The molecule has 2 aromatic heterocycles. The number of anilines is 2. The molecular formula is C22H19F3N4. The van der Waals surface area contributed by atoms with Gasteiger partial charge in [0, 0.05) is 18.1 Å². The van der Waals surface area contributed by atoms with Crippen LogP contribution in [0.4, 0.5) is 24.5 Å². The number of nitrogens with one attached hydrogen (secondary N) is 1. The molecule has 2 heterocycles. The van der Waals surface area contributed by atoms with Crippen LogP contribution in [0.25, 0.3) is 22.2 Å². The monoisotopic (exact) mass is 396 g/mol. The highest BCUT2D eigenvalue weighted by Crippen LogP contribution is 2.34. The number of benzene rings is 2. The Morgan fingerprint density at radius 3 is 2.62 bits per heavy atom. The first kappa shape index (κ1) is 19.0. The minimum Gasteiger partial charge on any atom is -0.353 e. The quantitative estimate of drug-likeness (QED) is 0.451. The van der Waals surface area contributed by atoms with Crippen molar-refractivity contribution in [2.45, 2.75) is 26.8 Å². The van der Waals surface area contributed by atoms with Gasteiger partial charge in [0.2, 0.25) is 0 Å². The van der Waals surface area contributed by atoms with Crippen molar-refractivity contribution in [3.63, 3.8) is 0 Å². The number of pyridine rings is 1. The molecule has 0 saturated carbocycles. The van der Waals surface area contributed by atoms with Crippen molar-refractivity contribution < 1.29 is 13.2 Å². The fraction of sp³-hybridized carbons (Fsp3) is 0.182. The van der Waals surface area contributed by atoms with Crippen LogP contribution >= 0.6 is 0 Å². The fourth-order valence-corrected chi connectivity index (χ4v) is 3.37. The van der Waals surface area contributed by atoms with Gasteiger partial charge in [-0.2, -0.15) is 5.10 Å². The number of aromatic nitrogens is 3. The lowest BCUT2D eigenvalue weighted by Gasteiger charge is -2.16. The predicted octanol–water partition coefficient (Wildman–Crippen LogP) is 5.98. The highest BCUT2D eigenvalue weighted by Gasteiger charge is 2.17. The second-order valence-corrected chi connectivity index (χ2v) is 6.78. The Morgan fingerprint density at radius 1 is 1.00 bits per heavy atom. The van der Waals surface area contributed by atoms with Gasteiger partial charge in [-0.15, -0.1) is 0 Å². The van der Waals surface area contributed by atoms with E-state index >= 15 is 0 Å². The Morgan fingerprint density at radius 2 is 1.83 bits per heavy atom. The zero-order valence-electron chi connectivity index (χ0n) is 16.0. The first-order valence-electron chi connectivity index (χ1n) is 9.32. The molecule has 29 heavy (non-hydrogen) atoms. The smallest absolute Gasteiger partial charge is 0.184 e. The normalized spacial score (nSPS) is 11.2. The molecule has 0 radical (unpaired) electrons. The second-order valence-electron chi connectivity index (χ2n) is 6.78. The number of halogens is 3. The van der Waals surface area contributed by atoms with Crippen LogP contribution < -0.4 is 5.32 Å². The molecule has 0 spiro atoms. The Bertz CT molecular complexity index is 1200. The van der Waals surface area contributed by atoms with Crippen molar-refractivity contribution in [3.8, 4) is 11.3 Å². The van der Waals surface area contributed by atoms with Crippen molar-refractivity contribution in [1.82, 2.24) is 14.8 Å². The van der Waals surface area contributed by atoms with Crippen molar-refractivity contribution in [3.05, 3.63) is 71.8 Å². The van der Waals surface area contributed by atoms with Crippen LogP contribution in [-0.4, -0.2) is 14.8 Å². The maximum atomic E-state index is 14.8. The molecule has 2 aromatic carbocycles. The minimum atomic E-state index is -0.980. The van der Waals surface area contributed by atoms with Gasteiger partial charge in [0.05, 0.1) is 28.3 Å². The van der Waals surface area contributed by atoms with Crippen LogP contribution in [0.15, 0.2) is 48.7 Å². The highest BCUT2D eigenvalue weighted by molar-refractivity contribution is 5.86. The topological polar surface area (TPSA) is 42.7 Å². The average Bonchev–Trinajstić information content (AvgIpc) is 3.14. The summed E-state index contributed by atoms with van der Waals surface area (Å²) in [6.45, 7) is 4.38. The maximum Gasteiger partial charge on any atom is 0.184 e. The van der Waals surface area contributed by atoms with Gasteiger partial charge in [0.1, 0.15) is 11.3 Å². The largest absolute Gasteiger partial charge is 0.353 e. The van der Waals surface area contributed by atoms with Crippen LogP contribution in [0, 0.1) is 24.4 Å². The van der Waals surface area contributed by atoms with Gasteiger partial charge >= 0.3 is 0 Å². The van der Waals surface area contributed by atoms with Crippen molar-refractivity contribution >= 4 is 22.3 Å². The average molecular weight is 396 g/mol. The molecule has 0 unspecified atom stereocenters. The molecule has 148 valence electrons. The van der Waals surface area contributed by atoms with Gasteiger partial charge in [-0.25, -0.2) is 18.2 Å². The van der Waals surface area contributed by atoms with Gasteiger partial charge in [0.25, 0.3) is 0 Å². The summed E-state index contributed by atoms with van der Waals surface area (Å²) >= 11 is 0. The first-order valence-corrected chi connectivity index (χ1v) is 9.32. The van der Waals surface area contributed by atoms with Gasteiger partial charge in [-0.05, 0) is 49.7 Å². The van der Waals surface area contributed by atoms with Crippen LogP contribution in [-0.2, 0) is 6.54 Å². The lowest BCUT2D eigenvalue weighted by atomic mass is 10.1. The van der Waals surface area contributed by atoms with E-state index in [2.05, 4.69) is 15.4 Å². The van der Waals surface area contributed by atoms with E-state index in [0.29, 0.717) is 40.3 Å². The van der Waals surface area contributed by atoms with Crippen molar-refractivity contribution in [1.29, 1.82) is 0 Å². The summed E-state index contributed by atoms with van der Waals surface area (Å²) in [6, 6.07) is 10.7. The van der Waals surface area contributed by atoms with E-state index in [9.17, 15) is 13.2 Å². The SMILES string of the molecule is CCCn1nccc1-c1c(F)cccc1Nc1cc2ccc(F)c(F)c2nc1C. The van der Waals surface area contributed by atoms with Crippen molar-refractivity contribution in [2.24, 2.45) is 0 Å².